The minimum absolute atomic E-state index is 0. The minimum Gasteiger partial charge on any atom is -0.312 e. The van der Waals surface area contributed by atoms with Gasteiger partial charge in [0.25, 0.3) is 0 Å². The average Bonchev–Trinajstić information content (AvgIpc) is 2.14. The highest BCUT2D eigenvalue weighted by Gasteiger charge is 2.25. The van der Waals surface area contributed by atoms with Gasteiger partial charge in [-0.25, -0.2) is 0 Å². The molecule has 0 aliphatic rings. The molecule has 0 unspecified atom stereocenters. The van der Waals surface area contributed by atoms with E-state index in [4.69, 9.17) is 11.6 Å². The first-order chi connectivity index (χ1) is 6.97. The van der Waals surface area contributed by atoms with Crippen molar-refractivity contribution < 1.29 is 13.2 Å². The highest BCUT2D eigenvalue weighted by Crippen LogP contribution is 2.18. The fourth-order valence-corrected chi connectivity index (χ4v) is 1.19. The van der Waals surface area contributed by atoms with Crippen molar-refractivity contribution in [3.8, 4) is 0 Å². The van der Waals surface area contributed by atoms with Gasteiger partial charge in [0, 0.05) is 18.1 Å². The Morgan fingerprint density at radius 3 is 2.19 bits per heavy atom. The van der Waals surface area contributed by atoms with Crippen LogP contribution in [-0.4, -0.2) is 12.7 Å². The summed E-state index contributed by atoms with van der Waals surface area (Å²) in [5, 5.41) is 3.33. The second-order valence-electron chi connectivity index (χ2n) is 3.17. The molecule has 0 bridgehead atoms. The van der Waals surface area contributed by atoms with Crippen LogP contribution in [0.25, 0.3) is 0 Å². The van der Waals surface area contributed by atoms with E-state index in [0.29, 0.717) is 11.6 Å². The standard InChI is InChI=1S/C10H11ClF3N.ClH/c11-9-3-1-8(2-4-9)7-15-6-5-10(12,13)14;/h1-4,15H,5-7H2;1H. The van der Waals surface area contributed by atoms with Crippen LogP contribution in [0.4, 0.5) is 13.2 Å². The minimum atomic E-state index is -4.09. The lowest BCUT2D eigenvalue weighted by Gasteiger charge is -2.07. The molecule has 0 heterocycles. The zero-order chi connectivity index (χ0) is 11.3. The molecule has 0 spiro atoms. The Bertz CT molecular complexity index is 298. The maximum atomic E-state index is 11.8. The fraction of sp³-hybridized carbons (Fsp3) is 0.400. The fourth-order valence-electron chi connectivity index (χ4n) is 1.07. The molecule has 1 nitrogen and oxygen atoms in total. The van der Waals surface area contributed by atoms with Crippen LogP contribution in [0.5, 0.6) is 0 Å². The van der Waals surface area contributed by atoms with Gasteiger partial charge in [0.15, 0.2) is 0 Å². The monoisotopic (exact) mass is 273 g/mol. The van der Waals surface area contributed by atoms with Gasteiger partial charge < -0.3 is 5.32 Å². The van der Waals surface area contributed by atoms with Crippen molar-refractivity contribution in [1.82, 2.24) is 5.32 Å². The highest BCUT2D eigenvalue weighted by atomic mass is 35.5. The number of benzene rings is 1. The van der Waals surface area contributed by atoms with Crippen molar-refractivity contribution in [2.24, 2.45) is 0 Å². The molecule has 0 saturated carbocycles. The Balaban J connectivity index is 0.00000225. The van der Waals surface area contributed by atoms with E-state index in [0.717, 1.165) is 5.56 Å². The molecule has 1 aromatic carbocycles. The predicted molar refractivity (Wildman–Crippen MR) is 61.1 cm³/mol. The van der Waals surface area contributed by atoms with Crippen molar-refractivity contribution >= 4 is 24.0 Å². The molecule has 1 rings (SSSR count). The first-order valence-corrected chi connectivity index (χ1v) is 4.87. The maximum absolute atomic E-state index is 11.8. The summed E-state index contributed by atoms with van der Waals surface area (Å²) in [6.07, 6.45) is -4.90. The van der Waals surface area contributed by atoms with Gasteiger partial charge in [-0.2, -0.15) is 13.2 Å². The van der Waals surface area contributed by atoms with E-state index < -0.39 is 12.6 Å². The second kappa shape index (κ2) is 6.99. The number of rotatable bonds is 4. The molecule has 0 aromatic heterocycles. The second-order valence-corrected chi connectivity index (χ2v) is 3.60. The van der Waals surface area contributed by atoms with Crippen molar-refractivity contribution in [2.45, 2.75) is 19.1 Å². The summed E-state index contributed by atoms with van der Waals surface area (Å²) in [6, 6.07) is 6.98. The summed E-state index contributed by atoms with van der Waals surface area (Å²) in [4.78, 5) is 0. The number of hydrogen-bond donors (Lipinski definition) is 1. The lowest BCUT2D eigenvalue weighted by molar-refractivity contribution is -0.133. The van der Waals surface area contributed by atoms with E-state index in [-0.39, 0.29) is 19.0 Å². The lowest BCUT2D eigenvalue weighted by Crippen LogP contribution is -2.21. The Kier molecular flexibility index (Phi) is 6.79. The summed E-state index contributed by atoms with van der Waals surface area (Å²) in [5.74, 6) is 0. The van der Waals surface area contributed by atoms with Gasteiger partial charge in [0.1, 0.15) is 0 Å². The Morgan fingerprint density at radius 1 is 1.12 bits per heavy atom. The number of alkyl halides is 3. The lowest BCUT2D eigenvalue weighted by atomic mass is 10.2. The van der Waals surface area contributed by atoms with Crippen LogP contribution >= 0.6 is 24.0 Å². The van der Waals surface area contributed by atoms with Gasteiger partial charge in [-0.15, -0.1) is 12.4 Å². The van der Waals surface area contributed by atoms with Crippen LogP contribution in [0.3, 0.4) is 0 Å². The van der Waals surface area contributed by atoms with Gasteiger partial charge in [0.05, 0.1) is 6.42 Å². The molecule has 0 saturated heterocycles. The first kappa shape index (κ1) is 15.6. The summed E-state index contributed by atoms with van der Waals surface area (Å²) in [6.45, 7) is 0.360. The van der Waals surface area contributed by atoms with Gasteiger partial charge in [-0.1, -0.05) is 23.7 Å². The van der Waals surface area contributed by atoms with Crippen LogP contribution in [0.1, 0.15) is 12.0 Å². The molecular formula is C10H12Cl2F3N. The third-order valence-corrected chi connectivity index (χ3v) is 2.08. The van der Waals surface area contributed by atoms with E-state index in [1.54, 1.807) is 24.3 Å². The van der Waals surface area contributed by atoms with Crippen LogP contribution in [-0.2, 0) is 6.54 Å². The Labute approximate surface area is 103 Å². The van der Waals surface area contributed by atoms with Crippen molar-refractivity contribution in [1.29, 1.82) is 0 Å². The number of hydrogen-bond acceptors (Lipinski definition) is 1. The summed E-state index contributed by atoms with van der Waals surface area (Å²) >= 11 is 5.66. The third-order valence-electron chi connectivity index (χ3n) is 1.83. The SMILES string of the molecule is Cl.FC(F)(F)CCNCc1ccc(Cl)cc1. The van der Waals surface area contributed by atoms with Crippen molar-refractivity contribution in [3.05, 3.63) is 34.9 Å². The molecule has 1 aromatic rings. The zero-order valence-corrected chi connectivity index (χ0v) is 9.92. The van der Waals surface area contributed by atoms with Gasteiger partial charge >= 0.3 is 6.18 Å². The molecule has 16 heavy (non-hydrogen) atoms. The first-order valence-electron chi connectivity index (χ1n) is 4.49. The summed E-state index contributed by atoms with van der Waals surface area (Å²) < 4.78 is 35.3. The molecule has 92 valence electrons. The molecule has 0 atom stereocenters. The zero-order valence-electron chi connectivity index (χ0n) is 8.35. The number of halogens is 5. The van der Waals surface area contributed by atoms with E-state index >= 15 is 0 Å². The molecule has 0 aliphatic heterocycles. The van der Waals surface area contributed by atoms with Crippen LogP contribution < -0.4 is 5.32 Å². The predicted octanol–water partition coefficient (Wildman–Crippen LogP) is 3.80. The largest absolute Gasteiger partial charge is 0.390 e. The quantitative estimate of drug-likeness (QED) is 0.823. The summed E-state index contributed by atoms with van der Waals surface area (Å²) in [7, 11) is 0. The topological polar surface area (TPSA) is 12.0 Å². The van der Waals surface area contributed by atoms with Crippen molar-refractivity contribution in [2.75, 3.05) is 6.54 Å². The molecular weight excluding hydrogens is 262 g/mol. The highest BCUT2D eigenvalue weighted by molar-refractivity contribution is 6.30. The smallest absolute Gasteiger partial charge is 0.312 e. The third kappa shape index (κ3) is 6.93. The van der Waals surface area contributed by atoms with Crippen molar-refractivity contribution in [3.63, 3.8) is 0 Å². The molecule has 6 heteroatoms. The van der Waals surface area contributed by atoms with E-state index in [9.17, 15) is 13.2 Å². The Hall–Kier alpha value is -0.450. The van der Waals surface area contributed by atoms with Crippen LogP contribution in [0.2, 0.25) is 5.02 Å². The number of nitrogens with one attached hydrogen (secondary N) is 1. The molecule has 0 amide bonds. The van der Waals surface area contributed by atoms with E-state index in [1.165, 1.54) is 0 Å². The Morgan fingerprint density at radius 2 is 1.69 bits per heavy atom. The molecule has 0 aliphatic carbocycles. The van der Waals surface area contributed by atoms with E-state index in [2.05, 4.69) is 5.32 Å². The normalized spacial score (nSPS) is 11.0. The van der Waals surface area contributed by atoms with E-state index in [1.807, 2.05) is 0 Å². The van der Waals surface area contributed by atoms with Crippen LogP contribution in [0.15, 0.2) is 24.3 Å². The average molecular weight is 274 g/mol. The molecule has 0 fully saturated rings. The maximum Gasteiger partial charge on any atom is 0.390 e. The van der Waals surface area contributed by atoms with Crippen LogP contribution in [0, 0.1) is 0 Å². The summed E-state index contributed by atoms with van der Waals surface area (Å²) in [5.41, 5.74) is 0.918. The van der Waals surface area contributed by atoms with Gasteiger partial charge in [-0.05, 0) is 17.7 Å². The van der Waals surface area contributed by atoms with Gasteiger partial charge in [-0.3, -0.25) is 0 Å². The van der Waals surface area contributed by atoms with Gasteiger partial charge in [0.2, 0.25) is 0 Å². The molecule has 0 radical (unpaired) electrons. The molecule has 1 N–H and O–H groups in total.